The predicted octanol–water partition coefficient (Wildman–Crippen LogP) is 3.48. The van der Waals surface area contributed by atoms with Crippen molar-refractivity contribution in [1.29, 1.82) is 0 Å². The van der Waals surface area contributed by atoms with E-state index in [4.69, 9.17) is 45.5 Å². The zero-order valence-corrected chi connectivity index (χ0v) is 10.9. The van der Waals surface area contributed by atoms with Crippen molar-refractivity contribution < 1.29 is 13.3 Å². The van der Waals surface area contributed by atoms with Crippen LogP contribution in [0.3, 0.4) is 0 Å². The van der Waals surface area contributed by atoms with E-state index in [1.165, 1.54) is 0 Å². The molecule has 16 heavy (non-hydrogen) atoms. The lowest BCUT2D eigenvalue weighted by Gasteiger charge is -2.04. The minimum atomic E-state index is -4.24. The Labute approximate surface area is 109 Å². The summed E-state index contributed by atoms with van der Waals surface area (Å²) >= 11 is 16.6. The van der Waals surface area contributed by atoms with Gasteiger partial charge in [-0.2, -0.15) is 0 Å². The van der Waals surface area contributed by atoms with Crippen molar-refractivity contribution >= 4 is 60.2 Å². The third kappa shape index (κ3) is 2.52. The first-order valence-electron chi connectivity index (χ1n) is 3.42. The smallest absolute Gasteiger partial charge is 0.258 e. The highest BCUT2D eigenvalue weighted by atomic mass is 35.7. The molecule has 88 valence electrons. The zero-order valence-electron chi connectivity index (χ0n) is 7.08. The van der Waals surface area contributed by atoms with E-state index < -0.39 is 39.6 Å². The first kappa shape index (κ1) is 13.8. The van der Waals surface area contributed by atoms with Gasteiger partial charge in [0.05, 0.1) is 15.0 Å². The van der Waals surface area contributed by atoms with Crippen molar-refractivity contribution in [2.75, 3.05) is 0 Å². The number of halogens is 4. The van der Waals surface area contributed by atoms with Crippen LogP contribution < -0.4 is 0 Å². The van der Waals surface area contributed by atoms with Crippen LogP contribution in [0.5, 0.6) is 0 Å². The Kier molecular flexibility index (Phi) is 3.91. The van der Waals surface area contributed by atoms with E-state index in [0.717, 1.165) is 0 Å². The van der Waals surface area contributed by atoms with E-state index in [1.807, 2.05) is 0 Å². The summed E-state index contributed by atoms with van der Waals surface area (Å²) in [7, 11) is 0.792. The van der Waals surface area contributed by atoms with E-state index in [1.54, 1.807) is 0 Å². The molecule has 0 fully saturated rings. The van der Waals surface area contributed by atoms with Crippen molar-refractivity contribution in [3.05, 3.63) is 31.2 Å². The highest BCUT2D eigenvalue weighted by molar-refractivity contribution is 8.13. The molecule has 0 radical (unpaired) electrons. The van der Waals surface area contributed by atoms with Crippen LogP contribution in [0.25, 0.3) is 0 Å². The molecule has 1 aromatic rings. The summed E-state index contributed by atoms with van der Waals surface area (Å²) in [6.45, 7) is 0. The Hall–Kier alpha value is -0.270. The van der Waals surface area contributed by atoms with Gasteiger partial charge in [0.15, 0.2) is 0 Å². The fraction of sp³-hybridized carbons (Fsp3) is 0. The van der Waals surface area contributed by atoms with Gasteiger partial charge in [-0.1, -0.05) is 34.8 Å². The molecule has 0 amide bonds. The van der Waals surface area contributed by atoms with Crippen LogP contribution >= 0.6 is 45.5 Å². The lowest BCUT2D eigenvalue weighted by Crippen LogP contribution is -1.97. The number of nitro benzene ring substituents is 1. The molecule has 0 N–H and O–H groups in total. The van der Waals surface area contributed by atoms with E-state index in [2.05, 4.69) is 0 Å². The Bertz CT molecular complexity index is 570. The minimum Gasteiger partial charge on any atom is -0.258 e. The van der Waals surface area contributed by atoms with Gasteiger partial charge in [0.25, 0.3) is 14.7 Å². The van der Waals surface area contributed by atoms with Crippen molar-refractivity contribution in [2.24, 2.45) is 0 Å². The molecule has 1 rings (SSSR count). The van der Waals surface area contributed by atoms with Crippen LogP contribution in [0, 0.1) is 10.1 Å². The van der Waals surface area contributed by atoms with Crippen molar-refractivity contribution in [1.82, 2.24) is 0 Å². The molecule has 10 heteroatoms. The number of nitro groups is 1. The van der Waals surface area contributed by atoms with Crippen LogP contribution in [0.1, 0.15) is 0 Å². The lowest BCUT2D eigenvalue weighted by molar-refractivity contribution is -0.384. The van der Waals surface area contributed by atoms with Crippen molar-refractivity contribution in [3.8, 4) is 0 Å². The second kappa shape index (κ2) is 4.54. The van der Waals surface area contributed by atoms with E-state index in [9.17, 15) is 18.5 Å². The highest BCUT2D eigenvalue weighted by Gasteiger charge is 2.26. The summed E-state index contributed by atoms with van der Waals surface area (Å²) in [5, 5.41) is 9.22. The van der Waals surface area contributed by atoms with Gasteiger partial charge in [-0.3, -0.25) is 10.1 Å². The summed E-state index contributed by atoms with van der Waals surface area (Å²) in [4.78, 5) is 9.00. The number of hydrogen-bond donors (Lipinski definition) is 0. The van der Waals surface area contributed by atoms with Crippen LogP contribution in [0.15, 0.2) is 11.0 Å². The Morgan fingerprint density at radius 1 is 1.12 bits per heavy atom. The number of rotatable bonds is 2. The SMILES string of the molecule is O=[N+]([O-])c1cc(S(=O)(=O)Cl)c(Cl)c(Cl)c1Cl. The molecule has 0 heterocycles. The molecule has 0 unspecified atom stereocenters. The fourth-order valence-corrected chi connectivity index (χ4v) is 2.91. The summed E-state index contributed by atoms with van der Waals surface area (Å²) in [6, 6.07) is 0.652. The van der Waals surface area contributed by atoms with Gasteiger partial charge >= 0.3 is 0 Å². The van der Waals surface area contributed by atoms with Gasteiger partial charge in [0.1, 0.15) is 9.92 Å². The number of benzene rings is 1. The average molecular weight is 325 g/mol. The Morgan fingerprint density at radius 2 is 1.62 bits per heavy atom. The van der Waals surface area contributed by atoms with Gasteiger partial charge < -0.3 is 0 Å². The highest BCUT2D eigenvalue weighted by Crippen LogP contribution is 2.42. The standard InChI is InChI=1S/C6HCl4NO4S/c7-4-2(11(12)13)1-3(16(10,14)15)5(8)6(4)9/h1H. The summed E-state index contributed by atoms with van der Waals surface area (Å²) < 4.78 is 22.1. The quantitative estimate of drug-likeness (QED) is 0.361. The third-order valence-corrected chi connectivity index (χ3v) is 4.36. The molecule has 0 spiro atoms. The number of hydrogen-bond acceptors (Lipinski definition) is 4. The maximum Gasteiger partial charge on any atom is 0.290 e. The van der Waals surface area contributed by atoms with Crippen LogP contribution in [0.4, 0.5) is 5.69 Å². The molecule has 0 aliphatic carbocycles. The molecule has 5 nitrogen and oxygen atoms in total. The van der Waals surface area contributed by atoms with Crippen LogP contribution in [-0.4, -0.2) is 13.3 Å². The third-order valence-electron chi connectivity index (χ3n) is 1.55. The monoisotopic (exact) mass is 323 g/mol. The Balaban J connectivity index is 3.74. The fourth-order valence-electron chi connectivity index (χ4n) is 0.878. The second-order valence-electron chi connectivity index (χ2n) is 2.53. The maximum atomic E-state index is 11.0. The molecular formula is C6HCl4NO4S. The normalized spacial score (nSPS) is 11.5. The summed E-state index contributed by atoms with van der Waals surface area (Å²) in [5.74, 6) is 0. The van der Waals surface area contributed by atoms with Crippen molar-refractivity contribution in [2.45, 2.75) is 4.90 Å². The van der Waals surface area contributed by atoms with Crippen molar-refractivity contribution in [3.63, 3.8) is 0 Å². The average Bonchev–Trinajstić information content (AvgIpc) is 2.11. The second-order valence-corrected chi connectivity index (χ2v) is 6.20. The largest absolute Gasteiger partial charge is 0.290 e. The molecule has 0 aliphatic rings. The van der Waals surface area contributed by atoms with Gasteiger partial charge in [0.2, 0.25) is 0 Å². The van der Waals surface area contributed by atoms with Crippen LogP contribution in [-0.2, 0) is 9.05 Å². The first-order chi connectivity index (χ1) is 7.16. The van der Waals surface area contributed by atoms with Gasteiger partial charge in [-0.05, 0) is 0 Å². The van der Waals surface area contributed by atoms with E-state index in [-0.39, 0.29) is 0 Å². The molecule has 0 saturated carbocycles. The maximum absolute atomic E-state index is 11.0. The molecule has 0 bridgehead atoms. The molecular weight excluding hydrogens is 324 g/mol. The molecule has 0 aliphatic heterocycles. The van der Waals surface area contributed by atoms with Gasteiger partial charge in [0, 0.05) is 16.7 Å². The summed E-state index contributed by atoms with van der Waals surface area (Å²) in [6.07, 6.45) is 0. The van der Waals surface area contributed by atoms with E-state index >= 15 is 0 Å². The van der Waals surface area contributed by atoms with E-state index in [0.29, 0.717) is 6.07 Å². The van der Waals surface area contributed by atoms with Crippen LogP contribution in [0.2, 0.25) is 15.1 Å². The Morgan fingerprint density at radius 3 is 2.00 bits per heavy atom. The topological polar surface area (TPSA) is 77.3 Å². The zero-order chi connectivity index (χ0) is 12.7. The molecule has 0 saturated heterocycles. The first-order valence-corrected chi connectivity index (χ1v) is 6.87. The molecule has 1 aromatic carbocycles. The lowest BCUT2D eigenvalue weighted by atomic mass is 10.3. The predicted molar refractivity (Wildman–Crippen MR) is 61.2 cm³/mol. The minimum absolute atomic E-state index is 0.434. The van der Waals surface area contributed by atoms with Gasteiger partial charge in [-0.15, -0.1) is 0 Å². The molecule has 0 atom stereocenters. The molecule has 0 aromatic heterocycles. The van der Waals surface area contributed by atoms with Gasteiger partial charge in [-0.25, -0.2) is 8.42 Å². The summed E-state index contributed by atoms with van der Waals surface area (Å²) in [5.41, 5.74) is -0.685. The number of nitrogens with zero attached hydrogens (tertiary/aromatic N) is 1.